The van der Waals surface area contributed by atoms with Crippen LogP contribution in [0, 0.1) is 0 Å². The van der Waals surface area contributed by atoms with E-state index >= 15 is 0 Å². The maximum absolute atomic E-state index is 12.7. The molecule has 1 fully saturated rings. The molecule has 1 aromatic rings. The van der Waals surface area contributed by atoms with Crippen LogP contribution in [-0.2, 0) is 0 Å². The van der Waals surface area contributed by atoms with Gasteiger partial charge >= 0.3 is 0 Å². The van der Waals surface area contributed by atoms with Crippen LogP contribution in [0.4, 0.5) is 0 Å². The molecule has 0 saturated carbocycles. The van der Waals surface area contributed by atoms with Crippen molar-refractivity contribution in [2.45, 2.75) is 25.3 Å². The van der Waals surface area contributed by atoms with Crippen LogP contribution < -0.4 is 14.8 Å². The van der Waals surface area contributed by atoms with Gasteiger partial charge in [0.1, 0.15) is 0 Å². The lowest BCUT2D eigenvalue weighted by Crippen LogP contribution is -2.40. The number of hydrogen-bond donors (Lipinski definition) is 1. The molecule has 1 aromatic carbocycles. The first-order chi connectivity index (χ1) is 10.3. The summed E-state index contributed by atoms with van der Waals surface area (Å²) in [6, 6.07) is 5.79. The Bertz CT molecular complexity index is 518. The molecule has 0 bridgehead atoms. The first kappa shape index (κ1) is 14.2. The molecular formula is C16H22N2O3. The van der Waals surface area contributed by atoms with Crippen LogP contribution in [0.5, 0.6) is 11.5 Å². The number of likely N-dealkylation sites (tertiary alicyclic amines) is 1. The fraction of sp³-hybridized carbons (Fsp3) is 0.562. The zero-order valence-corrected chi connectivity index (χ0v) is 12.4. The third-order valence-corrected chi connectivity index (χ3v) is 4.07. The molecule has 1 atom stereocenters. The Kier molecular flexibility index (Phi) is 4.29. The number of carbonyl (C=O) groups excluding carboxylic acids is 1. The number of hydrogen-bond acceptors (Lipinski definition) is 4. The van der Waals surface area contributed by atoms with E-state index in [2.05, 4.69) is 5.32 Å². The molecule has 5 nitrogen and oxygen atoms in total. The lowest BCUT2D eigenvalue weighted by molar-refractivity contribution is 0.0736. The maximum atomic E-state index is 12.7. The molecule has 0 aromatic heterocycles. The van der Waals surface area contributed by atoms with Crippen LogP contribution in [0.15, 0.2) is 18.2 Å². The van der Waals surface area contributed by atoms with E-state index in [9.17, 15) is 4.79 Å². The first-order valence-electron chi connectivity index (χ1n) is 7.65. The summed E-state index contributed by atoms with van der Waals surface area (Å²) < 4.78 is 11.3. The molecule has 21 heavy (non-hydrogen) atoms. The van der Waals surface area contributed by atoms with Gasteiger partial charge in [-0.2, -0.15) is 0 Å². The van der Waals surface area contributed by atoms with Gasteiger partial charge in [-0.3, -0.25) is 4.79 Å². The minimum atomic E-state index is 0.0865. The molecule has 0 radical (unpaired) electrons. The van der Waals surface area contributed by atoms with Gasteiger partial charge in [-0.1, -0.05) is 0 Å². The predicted molar refractivity (Wildman–Crippen MR) is 80.0 cm³/mol. The van der Waals surface area contributed by atoms with Crippen LogP contribution >= 0.6 is 0 Å². The zero-order valence-electron chi connectivity index (χ0n) is 12.4. The van der Waals surface area contributed by atoms with Crippen molar-refractivity contribution in [1.82, 2.24) is 10.2 Å². The zero-order chi connectivity index (χ0) is 14.7. The van der Waals surface area contributed by atoms with Gasteiger partial charge < -0.3 is 19.7 Å². The summed E-state index contributed by atoms with van der Waals surface area (Å²) in [4.78, 5) is 14.7. The van der Waals surface area contributed by atoms with Gasteiger partial charge in [0.15, 0.2) is 11.5 Å². The van der Waals surface area contributed by atoms with Crippen molar-refractivity contribution < 1.29 is 14.3 Å². The normalized spacial score (nSPS) is 21.2. The summed E-state index contributed by atoms with van der Waals surface area (Å²) in [5.74, 6) is 1.50. The molecule has 3 rings (SSSR count). The summed E-state index contributed by atoms with van der Waals surface area (Å²) in [7, 11) is 1.93. The molecule has 1 N–H and O–H groups in total. The molecular weight excluding hydrogens is 268 g/mol. The largest absolute Gasteiger partial charge is 0.490 e. The number of amides is 1. The van der Waals surface area contributed by atoms with Crippen LogP contribution in [0.1, 0.15) is 29.6 Å². The summed E-state index contributed by atoms with van der Waals surface area (Å²) in [5.41, 5.74) is 0.683. The molecule has 0 spiro atoms. The fourth-order valence-electron chi connectivity index (χ4n) is 3.01. The van der Waals surface area contributed by atoms with Crippen molar-refractivity contribution in [1.29, 1.82) is 0 Å². The standard InChI is InChI=1S/C16H22N2O3/c1-17-11-13-4-2-7-18(13)16(19)12-5-6-14-15(10-12)21-9-3-8-20-14/h5-6,10,13,17H,2-4,7-9,11H2,1H3. The average molecular weight is 290 g/mol. The number of ether oxygens (including phenoxy) is 2. The average Bonchev–Trinajstić information content (AvgIpc) is 2.82. The molecule has 2 aliphatic heterocycles. The van der Waals surface area contributed by atoms with Crippen LogP contribution in [-0.4, -0.2) is 50.2 Å². The number of likely N-dealkylation sites (N-methyl/N-ethyl adjacent to an activating group) is 1. The SMILES string of the molecule is CNCC1CCCN1C(=O)c1ccc2c(c1)OCCCO2. The maximum Gasteiger partial charge on any atom is 0.254 e. The lowest BCUT2D eigenvalue weighted by atomic mass is 10.1. The molecule has 1 amide bonds. The number of carbonyl (C=O) groups is 1. The van der Waals surface area contributed by atoms with Gasteiger partial charge in [0, 0.05) is 31.1 Å². The Morgan fingerprint density at radius 3 is 2.90 bits per heavy atom. The van der Waals surface area contributed by atoms with Crippen molar-refractivity contribution in [2.75, 3.05) is 33.4 Å². The topological polar surface area (TPSA) is 50.8 Å². The second-order valence-corrected chi connectivity index (χ2v) is 5.56. The highest BCUT2D eigenvalue weighted by Gasteiger charge is 2.29. The highest BCUT2D eigenvalue weighted by Crippen LogP contribution is 2.31. The molecule has 2 heterocycles. The highest BCUT2D eigenvalue weighted by atomic mass is 16.5. The minimum absolute atomic E-state index is 0.0865. The number of benzene rings is 1. The van der Waals surface area contributed by atoms with E-state index < -0.39 is 0 Å². The second-order valence-electron chi connectivity index (χ2n) is 5.56. The minimum Gasteiger partial charge on any atom is -0.490 e. The smallest absolute Gasteiger partial charge is 0.254 e. The molecule has 5 heteroatoms. The Hall–Kier alpha value is -1.75. The van der Waals surface area contributed by atoms with E-state index in [1.807, 2.05) is 30.1 Å². The quantitative estimate of drug-likeness (QED) is 0.920. The monoisotopic (exact) mass is 290 g/mol. The van der Waals surface area contributed by atoms with E-state index in [0.29, 0.717) is 30.6 Å². The Balaban J connectivity index is 1.80. The van der Waals surface area contributed by atoms with Crippen LogP contribution in [0.3, 0.4) is 0 Å². The second kappa shape index (κ2) is 6.35. The Morgan fingerprint density at radius 1 is 1.29 bits per heavy atom. The van der Waals surface area contributed by atoms with E-state index in [1.54, 1.807) is 0 Å². The van der Waals surface area contributed by atoms with E-state index in [4.69, 9.17) is 9.47 Å². The van der Waals surface area contributed by atoms with E-state index in [0.717, 1.165) is 38.1 Å². The summed E-state index contributed by atoms with van der Waals surface area (Å²) in [6.07, 6.45) is 3.01. The third-order valence-electron chi connectivity index (χ3n) is 4.07. The van der Waals surface area contributed by atoms with Gasteiger partial charge in [-0.25, -0.2) is 0 Å². The Morgan fingerprint density at radius 2 is 2.10 bits per heavy atom. The van der Waals surface area contributed by atoms with E-state index in [-0.39, 0.29) is 5.91 Å². The first-order valence-corrected chi connectivity index (χ1v) is 7.65. The van der Waals surface area contributed by atoms with Gasteiger partial charge in [0.2, 0.25) is 0 Å². The summed E-state index contributed by atoms with van der Waals surface area (Å²) in [5, 5.41) is 3.17. The fourth-order valence-corrected chi connectivity index (χ4v) is 3.01. The number of fused-ring (bicyclic) bond motifs is 1. The van der Waals surface area contributed by atoms with Crippen molar-refractivity contribution in [3.63, 3.8) is 0 Å². The predicted octanol–water partition coefficient (Wildman–Crippen LogP) is 1.67. The van der Waals surface area contributed by atoms with Crippen LogP contribution in [0.2, 0.25) is 0 Å². The van der Waals surface area contributed by atoms with Crippen molar-refractivity contribution in [2.24, 2.45) is 0 Å². The molecule has 2 aliphatic rings. The molecule has 1 unspecified atom stereocenters. The number of nitrogens with zero attached hydrogens (tertiary/aromatic N) is 1. The van der Waals surface area contributed by atoms with Crippen LogP contribution in [0.25, 0.3) is 0 Å². The summed E-state index contributed by atoms with van der Waals surface area (Å²) >= 11 is 0. The number of rotatable bonds is 3. The molecule has 0 aliphatic carbocycles. The number of nitrogens with one attached hydrogen (secondary N) is 1. The van der Waals surface area contributed by atoms with Crippen molar-refractivity contribution >= 4 is 5.91 Å². The van der Waals surface area contributed by atoms with Crippen molar-refractivity contribution in [3.05, 3.63) is 23.8 Å². The van der Waals surface area contributed by atoms with Gasteiger partial charge in [0.05, 0.1) is 13.2 Å². The van der Waals surface area contributed by atoms with Gasteiger partial charge in [-0.15, -0.1) is 0 Å². The van der Waals surface area contributed by atoms with Gasteiger partial charge in [-0.05, 0) is 38.1 Å². The molecule has 114 valence electrons. The van der Waals surface area contributed by atoms with Crippen molar-refractivity contribution in [3.8, 4) is 11.5 Å². The third kappa shape index (κ3) is 2.97. The highest BCUT2D eigenvalue weighted by molar-refractivity contribution is 5.95. The molecule has 1 saturated heterocycles. The van der Waals surface area contributed by atoms with E-state index in [1.165, 1.54) is 0 Å². The summed E-state index contributed by atoms with van der Waals surface area (Å²) in [6.45, 7) is 2.98. The lowest BCUT2D eigenvalue weighted by Gasteiger charge is -2.25. The van der Waals surface area contributed by atoms with Gasteiger partial charge in [0.25, 0.3) is 5.91 Å². The Labute approximate surface area is 125 Å².